The fraction of sp³-hybridized carbons (Fsp3) is 0.143. The second-order valence-corrected chi connectivity index (χ2v) is 7.29. The molecule has 6 nitrogen and oxygen atoms in total. The van der Waals surface area contributed by atoms with Gasteiger partial charge in [-0.3, -0.25) is 4.79 Å². The van der Waals surface area contributed by atoms with E-state index in [0.29, 0.717) is 16.3 Å². The number of nitrogens with one attached hydrogen (secondary N) is 1. The van der Waals surface area contributed by atoms with Crippen LogP contribution in [0.3, 0.4) is 0 Å². The van der Waals surface area contributed by atoms with E-state index in [1.54, 1.807) is 31.2 Å². The monoisotopic (exact) mass is 393 g/mol. The van der Waals surface area contributed by atoms with Crippen LogP contribution >= 0.6 is 11.8 Å². The molecule has 1 N–H and O–H groups in total. The van der Waals surface area contributed by atoms with Crippen LogP contribution < -0.4 is 5.32 Å². The largest absolute Gasteiger partial charge is 0.465 e. The Bertz CT molecular complexity index is 979. The zero-order valence-electron chi connectivity index (χ0n) is 15.5. The number of esters is 1. The smallest absolute Gasteiger partial charge is 0.337 e. The number of rotatable bonds is 6. The molecule has 1 amide bonds. The first kappa shape index (κ1) is 19.6. The van der Waals surface area contributed by atoms with Crippen LogP contribution in [0.15, 0.2) is 72.0 Å². The highest BCUT2D eigenvalue weighted by Gasteiger charge is 2.17. The Labute approximate surface area is 167 Å². The lowest BCUT2D eigenvalue weighted by Crippen LogP contribution is -2.22. The van der Waals surface area contributed by atoms with E-state index in [1.807, 2.05) is 36.4 Å². The Kier molecular flexibility index (Phi) is 6.39. The summed E-state index contributed by atoms with van der Waals surface area (Å²) >= 11 is 1.34. The summed E-state index contributed by atoms with van der Waals surface area (Å²) in [6.07, 6.45) is 1.50. The highest BCUT2D eigenvalue weighted by Crippen LogP contribution is 2.26. The summed E-state index contributed by atoms with van der Waals surface area (Å²) < 4.78 is 4.70. The summed E-state index contributed by atoms with van der Waals surface area (Å²) in [7, 11) is 1.32. The number of ether oxygens (including phenoxy) is 1. The minimum atomic E-state index is -0.451. The van der Waals surface area contributed by atoms with Crippen LogP contribution in [0.5, 0.6) is 0 Å². The number of amides is 1. The Balaban J connectivity index is 1.67. The summed E-state index contributed by atoms with van der Waals surface area (Å²) in [6, 6.07) is 18.3. The molecule has 0 spiro atoms. The molecule has 0 aliphatic carbocycles. The van der Waals surface area contributed by atoms with Gasteiger partial charge >= 0.3 is 5.97 Å². The van der Waals surface area contributed by atoms with Crippen LogP contribution in [0.25, 0.3) is 11.3 Å². The normalized spacial score (nSPS) is 11.5. The van der Waals surface area contributed by atoms with Crippen LogP contribution in [0.4, 0.5) is 5.69 Å². The first-order valence-corrected chi connectivity index (χ1v) is 9.48. The predicted octanol–water partition coefficient (Wildman–Crippen LogP) is 4.05. The maximum absolute atomic E-state index is 12.5. The maximum Gasteiger partial charge on any atom is 0.337 e. The molecule has 0 bridgehead atoms. The summed E-state index contributed by atoms with van der Waals surface area (Å²) in [5.74, 6) is -0.639. The van der Waals surface area contributed by atoms with Gasteiger partial charge in [-0.1, -0.05) is 48.2 Å². The Morgan fingerprint density at radius 3 is 2.57 bits per heavy atom. The van der Waals surface area contributed by atoms with Gasteiger partial charge in [0, 0.05) is 11.3 Å². The molecule has 0 radical (unpaired) electrons. The number of thioether (sulfide) groups is 1. The molecule has 142 valence electrons. The Morgan fingerprint density at radius 1 is 1.04 bits per heavy atom. The zero-order valence-corrected chi connectivity index (χ0v) is 16.3. The molecule has 7 heteroatoms. The third kappa shape index (κ3) is 4.95. The second kappa shape index (κ2) is 9.14. The van der Waals surface area contributed by atoms with Crippen molar-refractivity contribution in [2.24, 2.45) is 0 Å². The van der Waals surface area contributed by atoms with E-state index in [9.17, 15) is 9.59 Å². The highest BCUT2D eigenvalue weighted by molar-refractivity contribution is 8.00. The van der Waals surface area contributed by atoms with Gasteiger partial charge in [0.1, 0.15) is 11.4 Å². The number of hydrogen-bond donors (Lipinski definition) is 1. The Morgan fingerprint density at radius 2 is 1.82 bits per heavy atom. The van der Waals surface area contributed by atoms with Crippen molar-refractivity contribution in [2.75, 3.05) is 12.4 Å². The molecule has 1 heterocycles. The lowest BCUT2D eigenvalue weighted by Gasteiger charge is -2.12. The van der Waals surface area contributed by atoms with Crippen molar-refractivity contribution in [3.05, 3.63) is 72.6 Å². The van der Waals surface area contributed by atoms with Crippen molar-refractivity contribution in [3.63, 3.8) is 0 Å². The molecule has 3 rings (SSSR count). The van der Waals surface area contributed by atoms with Gasteiger partial charge in [0.05, 0.1) is 23.6 Å². The molecule has 2 aromatic carbocycles. The molecule has 0 saturated carbocycles. The quantitative estimate of drug-likeness (QED) is 0.387. The first-order chi connectivity index (χ1) is 13.6. The van der Waals surface area contributed by atoms with Gasteiger partial charge < -0.3 is 10.1 Å². The van der Waals surface area contributed by atoms with Gasteiger partial charge in [-0.05, 0) is 31.2 Å². The van der Waals surface area contributed by atoms with Gasteiger partial charge in [-0.25, -0.2) is 14.8 Å². The number of aromatic nitrogens is 2. The SMILES string of the molecule is COC(=O)c1cccc(NC(=O)C(C)Sc2cc(-c3ccccc3)ncn2)c1. The summed E-state index contributed by atoms with van der Waals surface area (Å²) in [4.78, 5) is 32.7. The minimum Gasteiger partial charge on any atom is -0.465 e. The molecule has 0 fully saturated rings. The lowest BCUT2D eigenvalue weighted by molar-refractivity contribution is -0.115. The number of anilines is 1. The van der Waals surface area contributed by atoms with Crippen molar-refractivity contribution < 1.29 is 14.3 Å². The summed E-state index contributed by atoms with van der Waals surface area (Å²) in [6.45, 7) is 1.80. The van der Waals surface area contributed by atoms with Gasteiger partial charge in [0.25, 0.3) is 0 Å². The molecule has 1 unspecified atom stereocenters. The number of carbonyl (C=O) groups excluding carboxylic acids is 2. The number of nitrogens with zero attached hydrogens (tertiary/aromatic N) is 2. The molecule has 1 aromatic heterocycles. The van der Waals surface area contributed by atoms with Crippen molar-refractivity contribution in [1.82, 2.24) is 9.97 Å². The molecular weight excluding hydrogens is 374 g/mol. The summed E-state index contributed by atoms with van der Waals surface area (Å²) in [5, 5.41) is 3.14. The van der Waals surface area contributed by atoms with Gasteiger partial charge in [-0.15, -0.1) is 0 Å². The lowest BCUT2D eigenvalue weighted by atomic mass is 10.1. The van der Waals surface area contributed by atoms with Crippen LogP contribution in [0.2, 0.25) is 0 Å². The third-order valence-corrected chi connectivity index (χ3v) is 4.96. The molecule has 0 aliphatic heterocycles. The van der Waals surface area contributed by atoms with E-state index in [-0.39, 0.29) is 11.2 Å². The van der Waals surface area contributed by atoms with Crippen molar-refractivity contribution >= 4 is 29.3 Å². The minimum absolute atomic E-state index is 0.188. The van der Waals surface area contributed by atoms with Crippen LogP contribution in [0.1, 0.15) is 17.3 Å². The topological polar surface area (TPSA) is 81.2 Å². The summed E-state index contributed by atoms with van der Waals surface area (Å²) in [5.41, 5.74) is 2.71. The van der Waals surface area contributed by atoms with Gasteiger partial charge in [0.15, 0.2) is 0 Å². The van der Waals surface area contributed by atoms with Crippen molar-refractivity contribution in [1.29, 1.82) is 0 Å². The van der Waals surface area contributed by atoms with Gasteiger partial charge in [0.2, 0.25) is 5.91 Å². The molecular formula is C21H19N3O3S. The van der Waals surface area contributed by atoms with E-state index < -0.39 is 5.97 Å². The highest BCUT2D eigenvalue weighted by atomic mass is 32.2. The average Bonchev–Trinajstić information content (AvgIpc) is 2.74. The fourth-order valence-corrected chi connectivity index (χ4v) is 3.31. The van der Waals surface area contributed by atoms with Crippen molar-refractivity contribution in [2.45, 2.75) is 17.2 Å². The molecule has 0 saturated heterocycles. The molecule has 1 atom stereocenters. The number of methoxy groups -OCH3 is 1. The maximum atomic E-state index is 12.5. The fourth-order valence-electron chi connectivity index (χ4n) is 2.49. The predicted molar refractivity (Wildman–Crippen MR) is 109 cm³/mol. The molecule has 28 heavy (non-hydrogen) atoms. The van der Waals surface area contributed by atoms with Crippen LogP contribution in [0, 0.1) is 0 Å². The average molecular weight is 393 g/mol. The van der Waals surface area contributed by atoms with Crippen LogP contribution in [-0.2, 0) is 9.53 Å². The van der Waals surface area contributed by atoms with E-state index >= 15 is 0 Å². The number of benzene rings is 2. The second-order valence-electron chi connectivity index (χ2n) is 5.93. The van der Waals surface area contributed by atoms with Crippen LogP contribution in [-0.4, -0.2) is 34.2 Å². The molecule has 3 aromatic rings. The van der Waals surface area contributed by atoms with E-state index in [0.717, 1.165) is 11.3 Å². The van der Waals surface area contributed by atoms with Gasteiger partial charge in [-0.2, -0.15) is 0 Å². The van der Waals surface area contributed by atoms with Crippen molar-refractivity contribution in [3.8, 4) is 11.3 Å². The zero-order chi connectivity index (χ0) is 19.9. The van der Waals surface area contributed by atoms with E-state index in [2.05, 4.69) is 15.3 Å². The first-order valence-electron chi connectivity index (χ1n) is 8.60. The van der Waals surface area contributed by atoms with E-state index in [4.69, 9.17) is 4.74 Å². The van der Waals surface area contributed by atoms with E-state index in [1.165, 1.54) is 25.2 Å². The third-order valence-electron chi connectivity index (χ3n) is 3.93. The number of hydrogen-bond acceptors (Lipinski definition) is 6. The number of carbonyl (C=O) groups is 2. The Hall–Kier alpha value is -3.19. The standard InChI is InChI=1S/C21H19N3O3S/c1-14(20(25)24-17-10-6-9-16(11-17)21(26)27-2)28-19-12-18(22-13-23-19)15-7-4-3-5-8-15/h3-14H,1-2H3,(H,24,25). The molecule has 0 aliphatic rings.